The van der Waals surface area contributed by atoms with Gasteiger partial charge in [0.2, 0.25) is 11.8 Å². The van der Waals surface area contributed by atoms with E-state index in [1.165, 1.54) is 24.5 Å². The SMILES string of the molecule is CC(=O)Nc1cc(Oc2nnc3nc(Nc4cc(C5CC5)cn(C)c4=O)sc3c2C)ccn1. The summed E-state index contributed by atoms with van der Waals surface area (Å²) in [5, 5.41) is 14.7. The third kappa shape index (κ3) is 4.40. The lowest BCUT2D eigenvalue weighted by atomic mass is 10.2. The summed E-state index contributed by atoms with van der Waals surface area (Å²) in [5.41, 5.74) is 2.77. The van der Waals surface area contributed by atoms with E-state index in [9.17, 15) is 9.59 Å². The van der Waals surface area contributed by atoms with Crippen LogP contribution in [0.2, 0.25) is 0 Å². The molecule has 0 radical (unpaired) electrons. The van der Waals surface area contributed by atoms with Crippen molar-refractivity contribution in [2.45, 2.75) is 32.6 Å². The fourth-order valence-electron chi connectivity index (χ4n) is 3.46. The molecule has 168 valence electrons. The molecule has 33 heavy (non-hydrogen) atoms. The van der Waals surface area contributed by atoms with Gasteiger partial charge in [0.05, 0.1) is 4.70 Å². The maximum Gasteiger partial charge on any atom is 0.274 e. The zero-order valence-corrected chi connectivity index (χ0v) is 19.1. The summed E-state index contributed by atoms with van der Waals surface area (Å²) < 4.78 is 8.29. The second-order valence-corrected chi connectivity index (χ2v) is 8.96. The first-order chi connectivity index (χ1) is 15.9. The lowest BCUT2D eigenvalue weighted by molar-refractivity contribution is -0.114. The van der Waals surface area contributed by atoms with E-state index >= 15 is 0 Å². The van der Waals surface area contributed by atoms with E-state index in [1.807, 2.05) is 19.2 Å². The van der Waals surface area contributed by atoms with Crippen LogP contribution >= 0.6 is 11.3 Å². The van der Waals surface area contributed by atoms with Crippen LogP contribution in [0, 0.1) is 6.92 Å². The van der Waals surface area contributed by atoms with E-state index in [4.69, 9.17) is 4.74 Å². The Kier molecular flexibility index (Phi) is 5.25. The van der Waals surface area contributed by atoms with Crippen LogP contribution in [0.1, 0.15) is 36.8 Å². The topological polar surface area (TPSA) is 124 Å². The maximum atomic E-state index is 12.6. The van der Waals surface area contributed by atoms with Gasteiger partial charge in [0.15, 0.2) is 10.8 Å². The highest BCUT2D eigenvalue weighted by atomic mass is 32.1. The number of hydrogen-bond acceptors (Lipinski definition) is 9. The summed E-state index contributed by atoms with van der Waals surface area (Å²) in [6.45, 7) is 3.28. The van der Waals surface area contributed by atoms with Crippen LogP contribution in [-0.4, -0.2) is 30.6 Å². The molecule has 0 aliphatic heterocycles. The van der Waals surface area contributed by atoms with Crippen molar-refractivity contribution in [3.8, 4) is 11.6 Å². The van der Waals surface area contributed by atoms with Gasteiger partial charge in [0.1, 0.15) is 17.3 Å². The lowest BCUT2D eigenvalue weighted by Crippen LogP contribution is -2.19. The Bertz CT molecular complexity index is 1440. The molecule has 1 aliphatic rings. The van der Waals surface area contributed by atoms with E-state index in [1.54, 1.807) is 23.7 Å². The van der Waals surface area contributed by atoms with E-state index in [2.05, 4.69) is 30.8 Å². The van der Waals surface area contributed by atoms with Crippen LogP contribution in [0.25, 0.3) is 10.3 Å². The number of nitrogens with one attached hydrogen (secondary N) is 2. The van der Waals surface area contributed by atoms with Crippen molar-refractivity contribution in [3.05, 3.63) is 52.1 Å². The number of anilines is 3. The average Bonchev–Trinajstić information content (AvgIpc) is 3.53. The molecule has 0 saturated heterocycles. The highest BCUT2D eigenvalue weighted by Crippen LogP contribution is 2.40. The van der Waals surface area contributed by atoms with E-state index < -0.39 is 0 Å². The monoisotopic (exact) mass is 463 g/mol. The largest absolute Gasteiger partial charge is 0.437 e. The number of amides is 1. The van der Waals surface area contributed by atoms with Crippen molar-refractivity contribution in [1.82, 2.24) is 24.7 Å². The van der Waals surface area contributed by atoms with Gasteiger partial charge in [-0.15, -0.1) is 10.2 Å². The summed E-state index contributed by atoms with van der Waals surface area (Å²) in [4.78, 5) is 32.4. The number of hydrogen-bond donors (Lipinski definition) is 2. The van der Waals surface area contributed by atoms with Crippen LogP contribution in [0.3, 0.4) is 0 Å². The number of aryl methyl sites for hydroxylation is 2. The minimum absolute atomic E-state index is 0.113. The molecule has 4 aromatic rings. The van der Waals surface area contributed by atoms with Gasteiger partial charge in [-0.1, -0.05) is 11.3 Å². The summed E-state index contributed by atoms with van der Waals surface area (Å²) in [6, 6.07) is 5.18. The Balaban J connectivity index is 1.43. The van der Waals surface area contributed by atoms with Crippen LogP contribution in [-0.2, 0) is 11.8 Å². The number of aromatic nitrogens is 5. The Hall–Kier alpha value is -3.86. The second kappa shape index (κ2) is 8.24. The molecule has 10 nitrogen and oxygen atoms in total. The smallest absolute Gasteiger partial charge is 0.274 e. The third-order valence-electron chi connectivity index (χ3n) is 5.25. The van der Waals surface area contributed by atoms with Crippen LogP contribution in [0.15, 0.2) is 35.4 Å². The molecular formula is C22H21N7O3S. The zero-order chi connectivity index (χ0) is 23.1. The summed E-state index contributed by atoms with van der Waals surface area (Å²) in [6.07, 6.45) is 5.74. The van der Waals surface area contributed by atoms with Crippen molar-refractivity contribution in [1.29, 1.82) is 0 Å². The van der Waals surface area contributed by atoms with Gasteiger partial charge in [0.25, 0.3) is 5.56 Å². The maximum absolute atomic E-state index is 12.6. The van der Waals surface area contributed by atoms with E-state index in [-0.39, 0.29) is 11.5 Å². The van der Waals surface area contributed by atoms with Gasteiger partial charge >= 0.3 is 0 Å². The molecule has 1 amide bonds. The fraction of sp³-hybridized carbons (Fsp3) is 0.273. The van der Waals surface area contributed by atoms with Crippen molar-refractivity contribution < 1.29 is 9.53 Å². The minimum Gasteiger partial charge on any atom is -0.437 e. The molecule has 4 heterocycles. The minimum atomic E-state index is -0.223. The van der Waals surface area contributed by atoms with Gasteiger partial charge in [-0.2, -0.15) is 4.98 Å². The number of carbonyl (C=O) groups is 1. The Labute approximate surface area is 192 Å². The molecule has 0 atom stereocenters. The number of nitrogens with zero attached hydrogens (tertiary/aromatic N) is 5. The molecule has 0 aromatic carbocycles. The molecule has 1 saturated carbocycles. The number of pyridine rings is 2. The molecule has 1 fully saturated rings. The first-order valence-corrected chi connectivity index (χ1v) is 11.2. The quantitative estimate of drug-likeness (QED) is 0.442. The van der Waals surface area contributed by atoms with Gasteiger partial charge in [-0.25, -0.2) is 4.98 Å². The molecule has 5 rings (SSSR count). The van der Waals surface area contributed by atoms with Gasteiger partial charge in [-0.05, 0) is 43.4 Å². The molecule has 0 bridgehead atoms. The molecule has 1 aliphatic carbocycles. The molecular weight excluding hydrogens is 442 g/mol. The Morgan fingerprint density at radius 1 is 1.27 bits per heavy atom. The average molecular weight is 464 g/mol. The van der Waals surface area contributed by atoms with Crippen LogP contribution < -0.4 is 20.9 Å². The Morgan fingerprint density at radius 3 is 2.85 bits per heavy atom. The molecule has 4 aromatic heterocycles. The van der Waals surface area contributed by atoms with Crippen molar-refractivity contribution in [2.24, 2.45) is 7.05 Å². The van der Waals surface area contributed by atoms with E-state index in [0.29, 0.717) is 39.8 Å². The predicted molar refractivity (Wildman–Crippen MR) is 126 cm³/mol. The van der Waals surface area contributed by atoms with E-state index in [0.717, 1.165) is 28.7 Å². The summed E-state index contributed by atoms with van der Waals surface area (Å²) in [5.74, 6) is 1.48. The van der Waals surface area contributed by atoms with Gasteiger partial charge < -0.3 is 19.9 Å². The number of fused-ring (bicyclic) bond motifs is 1. The van der Waals surface area contributed by atoms with Crippen molar-refractivity contribution in [3.63, 3.8) is 0 Å². The molecule has 0 spiro atoms. The van der Waals surface area contributed by atoms with Crippen LogP contribution in [0.5, 0.6) is 11.6 Å². The molecule has 11 heteroatoms. The van der Waals surface area contributed by atoms with Crippen LogP contribution in [0.4, 0.5) is 16.6 Å². The molecule has 2 N–H and O–H groups in total. The summed E-state index contributed by atoms with van der Waals surface area (Å²) >= 11 is 1.38. The van der Waals surface area contributed by atoms with Crippen molar-refractivity contribution >= 4 is 44.2 Å². The summed E-state index contributed by atoms with van der Waals surface area (Å²) in [7, 11) is 1.76. The fourth-order valence-corrected chi connectivity index (χ4v) is 4.36. The lowest BCUT2D eigenvalue weighted by Gasteiger charge is -2.08. The first-order valence-electron chi connectivity index (χ1n) is 10.4. The Morgan fingerprint density at radius 2 is 2.09 bits per heavy atom. The number of ether oxygens (including phenoxy) is 1. The van der Waals surface area contributed by atoms with Gasteiger partial charge in [-0.3, -0.25) is 9.59 Å². The number of carbonyl (C=O) groups excluding carboxylic acids is 1. The number of thiazole rings is 1. The third-order valence-corrected chi connectivity index (χ3v) is 6.33. The predicted octanol–water partition coefficient (Wildman–Crippen LogP) is 3.86. The standard InChI is InChI=1S/C22H21N7O3S/c1-11-18-19(27-28-20(11)32-15-6-7-23-17(9-15)24-12(2)30)26-22(33-18)25-16-8-14(13-4-5-13)10-29(3)21(16)31/h6-10,13H,4-5H2,1-3H3,(H,23,24,30)(H,25,26,27). The second-order valence-electron chi connectivity index (χ2n) is 7.96. The number of rotatable bonds is 6. The first kappa shape index (κ1) is 21.0. The highest BCUT2D eigenvalue weighted by molar-refractivity contribution is 7.22. The highest BCUT2D eigenvalue weighted by Gasteiger charge is 2.25. The molecule has 0 unspecified atom stereocenters. The normalized spacial score (nSPS) is 13.2. The van der Waals surface area contributed by atoms with Crippen molar-refractivity contribution in [2.75, 3.05) is 10.6 Å². The zero-order valence-electron chi connectivity index (χ0n) is 18.2. The van der Waals surface area contributed by atoms with Gasteiger partial charge in [0, 0.05) is 38.0 Å².